The van der Waals surface area contributed by atoms with Crippen LogP contribution in [-0.2, 0) is 0 Å². The summed E-state index contributed by atoms with van der Waals surface area (Å²) >= 11 is 3.66. The molecule has 92 valence electrons. The van der Waals surface area contributed by atoms with Crippen LogP contribution in [0.5, 0.6) is 0 Å². The highest BCUT2D eigenvalue weighted by atomic mass is 79.9. The lowest BCUT2D eigenvalue weighted by atomic mass is 9.94. The van der Waals surface area contributed by atoms with Crippen molar-refractivity contribution >= 4 is 21.7 Å². The van der Waals surface area contributed by atoms with E-state index in [0.717, 1.165) is 29.1 Å². The Kier molecular flexibility index (Phi) is 2.82. The Morgan fingerprint density at radius 3 is 2.78 bits per heavy atom. The monoisotopic (exact) mass is 304 g/mol. The van der Waals surface area contributed by atoms with E-state index in [4.69, 9.17) is 0 Å². The summed E-state index contributed by atoms with van der Waals surface area (Å²) in [5.74, 6) is 0.209. The van der Waals surface area contributed by atoms with E-state index in [1.807, 2.05) is 41.9 Å². The maximum absolute atomic E-state index is 12.0. The molecule has 1 aliphatic carbocycles. The number of aromatic nitrogens is 2. The van der Waals surface area contributed by atoms with E-state index in [1.54, 1.807) is 0 Å². The number of aryl methyl sites for hydroxylation is 1. The van der Waals surface area contributed by atoms with Crippen molar-refractivity contribution in [3.63, 3.8) is 0 Å². The summed E-state index contributed by atoms with van der Waals surface area (Å²) in [7, 11) is 0. The number of carbonyl (C=O) groups excluding carboxylic acids is 1. The predicted molar refractivity (Wildman–Crippen MR) is 73.5 cm³/mol. The second-order valence-electron chi connectivity index (χ2n) is 4.52. The van der Waals surface area contributed by atoms with Crippen LogP contribution in [0.1, 0.15) is 39.4 Å². The Hall–Kier alpha value is -1.42. The van der Waals surface area contributed by atoms with Crippen molar-refractivity contribution in [2.45, 2.75) is 24.6 Å². The van der Waals surface area contributed by atoms with Gasteiger partial charge in [-0.05, 0) is 25.5 Å². The van der Waals surface area contributed by atoms with Gasteiger partial charge < -0.3 is 0 Å². The van der Waals surface area contributed by atoms with E-state index in [0.29, 0.717) is 6.42 Å². The van der Waals surface area contributed by atoms with Gasteiger partial charge in [-0.3, -0.25) is 4.79 Å². The number of alkyl halides is 1. The van der Waals surface area contributed by atoms with Crippen molar-refractivity contribution < 1.29 is 4.79 Å². The highest BCUT2D eigenvalue weighted by molar-refractivity contribution is 9.09. The van der Waals surface area contributed by atoms with Gasteiger partial charge in [-0.15, -0.1) is 0 Å². The van der Waals surface area contributed by atoms with E-state index in [2.05, 4.69) is 21.0 Å². The van der Waals surface area contributed by atoms with Crippen molar-refractivity contribution in [1.29, 1.82) is 0 Å². The fraction of sp³-hybridized carbons (Fsp3) is 0.286. The average Bonchev–Trinajstić information content (AvgIpc) is 2.74. The van der Waals surface area contributed by atoms with Gasteiger partial charge in [-0.2, -0.15) is 5.10 Å². The number of rotatable bonds is 1. The molecule has 1 aliphatic rings. The lowest BCUT2D eigenvalue weighted by Crippen LogP contribution is -2.15. The first-order valence-electron chi connectivity index (χ1n) is 6.00. The minimum absolute atomic E-state index is 0.201. The van der Waals surface area contributed by atoms with Crippen molar-refractivity contribution in [2.75, 3.05) is 0 Å². The molecule has 0 amide bonds. The first kappa shape index (κ1) is 11.7. The number of carbonyl (C=O) groups is 1. The van der Waals surface area contributed by atoms with Crippen molar-refractivity contribution in [3.05, 3.63) is 47.3 Å². The molecule has 4 heteroatoms. The molecule has 0 spiro atoms. The van der Waals surface area contributed by atoms with Crippen LogP contribution in [0.25, 0.3) is 5.69 Å². The van der Waals surface area contributed by atoms with E-state index in [9.17, 15) is 4.79 Å². The summed E-state index contributed by atoms with van der Waals surface area (Å²) < 4.78 is 1.89. The van der Waals surface area contributed by atoms with Gasteiger partial charge in [-0.25, -0.2) is 4.68 Å². The zero-order chi connectivity index (χ0) is 12.7. The van der Waals surface area contributed by atoms with Gasteiger partial charge in [0.1, 0.15) is 0 Å². The molecule has 1 atom stereocenters. The molecule has 0 saturated heterocycles. The summed E-state index contributed by atoms with van der Waals surface area (Å²) in [5.41, 5.74) is 3.62. The van der Waals surface area contributed by atoms with Crippen LogP contribution in [0, 0.1) is 6.92 Å². The van der Waals surface area contributed by atoms with Gasteiger partial charge in [0, 0.05) is 6.42 Å². The second-order valence-corrected chi connectivity index (χ2v) is 5.63. The van der Waals surface area contributed by atoms with Gasteiger partial charge in [0.2, 0.25) is 0 Å². The van der Waals surface area contributed by atoms with Gasteiger partial charge >= 0.3 is 0 Å². The predicted octanol–water partition coefficient (Wildman–Crippen LogP) is 3.59. The molecule has 2 aromatic rings. The van der Waals surface area contributed by atoms with Crippen LogP contribution in [0.2, 0.25) is 0 Å². The smallest absolute Gasteiger partial charge is 0.166 e. The van der Waals surface area contributed by atoms with Crippen LogP contribution >= 0.6 is 15.9 Å². The van der Waals surface area contributed by atoms with Crippen molar-refractivity contribution in [1.82, 2.24) is 9.78 Å². The van der Waals surface area contributed by atoms with Crippen molar-refractivity contribution in [3.8, 4) is 5.69 Å². The number of halogens is 1. The second kappa shape index (κ2) is 4.35. The summed E-state index contributed by atoms with van der Waals surface area (Å²) in [6.45, 7) is 1.90. The van der Waals surface area contributed by atoms with E-state index >= 15 is 0 Å². The molecule has 0 fully saturated rings. The minimum Gasteiger partial charge on any atom is -0.294 e. The standard InChI is InChI=1S/C14H13BrN2O/c1-9-13-12(18)8-7-11(15)14(13)17(16-9)10-5-3-2-4-6-10/h2-6,11H,7-8H2,1H3. The SMILES string of the molecule is Cc1nn(-c2ccccc2)c2c1C(=O)CCC2Br. The average molecular weight is 305 g/mol. The Morgan fingerprint density at radius 2 is 2.06 bits per heavy atom. The van der Waals surface area contributed by atoms with Gasteiger partial charge in [0.25, 0.3) is 0 Å². The topological polar surface area (TPSA) is 34.9 Å². The molecular weight excluding hydrogens is 292 g/mol. The molecule has 0 aliphatic heterocycles. The summed E-state index contributed by atoms with van der Waals surface area (Å²) in [6.07, 6.45) is 1.44. The molecule has 1 aromatic carbocycles. The maximum Gasteiger partial charge on any atom is 0.166 e. The normalized spacial score (nSPS) is 18.8. The van der Waals surface area contributed by atoms with Crippen molar-refractivity contribution in [2.24, 2.45) is 0 Å². The van der Waals surface area contributed by atoms with Crippen LogP contribution in [0.3, 0.4) is 0 Å². The summed E-state index contributed by atoms with van der Waals surface area (Å²) in [5, 5.41) is 4.53. The first-order chi connectivity index (χ1) is 8.68. The molecule has 1 heterocycles. The summed E-state index contributed by atoms with van der Waals surface area (Å²) in [6, 6.07) is 9.94. The number of fused-ring (bicyclic) bond motifs is 1. The van der Waals surface area contributed by atoms with Crippen LogP contribution in [0.4, 0.5) is 0 Å². The lowest BCUT2D eigenvalue weighted by molar-refractivity contribution is 0.0971. The Morgan fingerprint density at radius 1 is 1.33 bits per heavy atom. The highest BCUT2D eigenvalue weighted by Gasteiger charge is 2.31. The number of Topliss-reactive ketones (excluding diaryl/α,β-unsaturated/α-hetero) is 1. The molecule has 0 radical (unpaired) electrons. The lowest BCUT2D eigenvalue weighted by Gasteiger charge is -2.18. The third-order valence-electron chi connectivity index (χ3n) is 3.30. The maximum atomic E-state index is 12.0. The van der Waals surface area contributed by atoms with Gasteiger partial charge in [-0.1, -0.05) is 34.1 Å². The third-order valence-corrected chi connectivity index (χ3v) is 4.19. The zero-order valence-corrected chi connectivity index (χ0v) is 11.6. The van der Waals surface area contributed by atoms with E-state index in [-0.39, 0.29) is 10.6 Å². The van der Waals surface area contributed by atoms with E-state index in [1.165, 1.54) is 0 Å². The first-order valence-corrected chi connectivity index (χ1v) is 6.92. The van der Waals surface area contributed by atoms with Gasteiger partial charge in [0.05, 0.1) is 27.5 Å². The van der Waals surface area contributed by atoms with Gasteiger partial charge in [0.15, 0.2) is 5.78 Å². The quantitative estimate of drug-likeness (QED) is 0.755. The molecule has 1 aromatic heterocycles. The Balaban J connectivity index is 2.24. The minimum atomic E-state index is 0.201. The number of hydrogen-bond acceptors (Lipinski definition) is 2. The third kappa shape index (κ3) is 1.72. The molecule has 0 saturated carbocycles. The Labute approximate surface area is 114 Å². The molecule has 3 rings (SSSR count). The van der Waals surface area contributed by atoms with Crippen LogP contribution in [-0.4, -0.2) is 15.6 Å². The summed E-state index contributed by atoms with van der Waals surface area (Å²) in [4.78, 5) is 12.2. The molecule has 0 bridgehead atoms. The molecule has 1 unspecified atom stereocenters. The fourth-order valence-corrected chi connectivity index (χ4v) is 3.12. The number of nitrogens with zero attached hydrogens (tertiary/aromatic N) is 2. The van der Waals surface area contributed by atoms with E-state index < -0.39 is 0 Å². The van der Waals surface area contributed by atoms with Crippen LogP contribution in [0.15, 0.2) is 30.3 Å². The number of hydrogen-bond donors (Lipinski definition) is 0. The largest absolute Gasteiger partial charge is 0.294 e. The number of para-hydroxylation sites is 1. The molecule has 18 heavy (non-hydrogen) atoms. The zero-order valence-electron chi connectivity index (χ0n) is 10.1. The fourth-order valence-electron chi connectivity index (χ4n) is 2.46. The number of ketones is 1. The Bertz CT molecular complexity index is 604. The molecule has 3 nitrogen and oxygen atoms in total. The molecular formula is C14H13BrN2O. The number of benzene rings is 1. The molecule has 0 N–H and O–H groups in total. The highest BCUT2D eigenvalue weighted by Crippen LogP contribution is 2.38. The van der Waals surface area contributed by atoms with Crippen LogP contribution < -0.4 is 0 Å².